The van der Waals surface area contributed by atoms with Crippen molar-refractivity contribution < 1.29 is 24.2 Å². The first-order valence-electron chi connectivity index (χ1n) is 7.19. The van der Waals surface area contributed by atoms with Crippen LogP contribution in [0.5, 0.6) is 5.75 Å². The molecule has 0 aliphatic rings. The highest BCUT2D eigenvalue weighted by molar-refractivity contribution is 5.96. The molecule has 6 nitrogen and oxygen atoms in total. The number of hydrogen-bond acceptors (Lipinski definition) is 4. The molecule has 0 radical (unpaired) electrons. The fourth-order valence-corrected chi connectivity index (χ4v) is 1.90. The molecular formula is C16H23NO5. The highest BCUT2D eigenvalue weighted by Crippen LogP contribution is 2.14. The zero-order valence-electron chi connectivity index (χ0n) is 13.2. The van der Waals surface area contributed by atoms with Gasteiger partial charge in [0.15, 0.2) is 0 Å². The van der Waals surface area contributed by atoms with E-state index in [1.807, 2.05) is 13.8 Å². The quantitative estimate of drug-likeness (QED) is 0.681. The van der Waals surface area contributed by atoms with Crippen LogP contribution in [0.3, 0.4) is 0 Å². The van der Waals surface area contributed by atoms with Crippen molar-refractivity contribution in [1.82, 2.24) is 5.32 Å². The molecule has 0 aliphatic heterocycles. The number of carboxylic acids is 1. The Morgan fingerprint density at radius 3 is 2.59 bits per heavy atom. The second kappa shape index (κ2) is 9.04. The van der Waals surface area contributed by atoms with Crippen LogP contribution < -0.4 is 10.1 Å². The Morgan fingerprint density at radius 2 is 2.00 bits per heavy atom. The number of carbonyl (C=O) groups is 2. The van der Waals surface area contributed by atoms with E-state index < -0.39 is 17.9 Å². The van der Waals surface area contributed by atoms with Gasteiger partial charge in [0, 0.05) is 12.7 Å². The number of carboxylic acid groups (broad SMARTS) is 1. The fourth-order valence-electron chi connectivity index (χ4n) is 1.90. The molecule has 6 heteroatoms. The van der Waals surface area contributed by atoms with Crippen LogP contribution in [0.1, 0.15) is 30.6 Å². The first-order valence-corrected chi connectivity index (χ1v) is 7.19. The van der Waals surface area contributed by atoms with Crippen molar-refractivity contribution in [1.29, 1.82) is 0 Å². The van der Waals surface area contributed by atoms with Crippen LogP contribution >= 0.6 is 0 Å². The minimum absolute atomic E-state index is 0.171. The van der Waals surface area contributed by atoms with Gasteiger partial charge in [0.2, 0.25) is 0 Å². The number of benzene rings is 1. The number of hydrogen-bond donors (Lipinski definition) is 2. The minimum Gasteiger partial charge on any atom is -0.491 e. The van der Waals surface area contributed by atoms with E-state index in [1.54, 1.807) is 31.4 Å². The van der Waals surface area contributed by atoms with Gasteiger partial charge in [0.1, 0.15) is 18.4 Å². The van der Waals surface area contributed by atoms with Crippen LogP contribution in [-0.2, 0) is 9.53 Å². The highest BCUT2D eigenvalue weighted by Gasteiger charge is 2.21. The summed E-state index contributed by atoms with van der Waals surface area (Å²) in [6.45, 7) is 4.65. The van der Waals surface area contributed by atoms with Gasteiger partial charge in [-0.1, -0.05) is 19.9 Å². The van der Waals surface area contributed by atoms with Crippen LogP contribution in [0, 0.1) is 5.92 Å². The Kier molecular flexibility index (Phi) is 7.39. The third-order valence-corrected chi connectivity index (χ3v) is 2.96. The maximum atomic E-state index is 12.2. The van der Waals surface area contributed by atoms with Gasteiger partial charge in [-0.3, -0.25) is 4.79 Å². The molecule has 1 aromatic carbocycles. The summed E-state index contributed by atoms with van der Waals surface area (Å²) in [7, 11) is 1.58. The standard InChI is InChI=1S/C16H23NO5/c1-11(2)9-14(16(19)20)17-15(18)12-5-4-6-13(10-12)22-8-7-21-3/h4-6,10-11,14H,7-9H2,1-3H3,(H,17,18)(H,19,20)/t14-/m1/s1. The number of methoxy groups -OCH3 is 1. The Bertz CT molecular complexity index is 501. The lowest BCUT2D eigenvalue weighted by molar-refractivity contribution is -0.139. The molecular weight excluding hydrogens is 286 g/mol. The molecule has 22 heavy (non-hydrogen) atoms. The third kappa shape index (κ3) is 6.13. The van der Waals surface area contributed by atoms with Crippen molar-refractivity contribution >= 4 is 11.9 Å². The van der Waals surface area contributed by atoms with Crippen molar-refractivity contribution in [2.45, 2.75) is 26.3 Å². The number of ether oxygens (including phenoxy) is 2. The van der Waals surface area contributed by atoms with Crippen LogP contribution in [0.15, 0.2) is 24.3 Å². The number of carbonyl (C=O) groups excluding carboxylic acids is 1. The second-order valence-electron chi connectivity index (χ2n) is 5.36. The van der Waals surface area contributed by atoms with Gasteiger partial charge in [0.05, 0.1) is 6.61 Å². The molecule has 0 unspecified atom stereocenters. The SMILES string of the molecule is COCCOc1cccc(C(=O)N[C@H](CC(C)C)C(=O)O)c1. The van der Waals surface area contributed by atoms with E-state index >= 15 is 0 Å². The zero-order chi connectivity index (χ0) is 16.5. The summed E-state index contributed by atoms with van der Waals surface area (Å²) in [6, 6.07) is 5.72. The van der Waals surface area contributed by atoms with E-state index in [9.17, 15) is 9.59 Å². The summed E-state index contributed by atoms with van der Waals surface area (Å²) < 4.78 is 10.3. The topological polar surface area (TPSA) is 84.9 Å². The fraction of sp³-hybridized carbons (Fsp3) is 0.500. The Labute approximate surface area is 130 Å². The molecule has 0 fully saturated rings. The van der Waals surface area contributed by atoms with E-state index in [0.717, 1.165) is 0 Å². The molecule has 0 spiro atoms. The van der Waals surface area contributed by atoms with Crippen molar-refractivity contribution in [3.63, 3.8) is 0 Å². The van der Waals surface area contributed by atoms with Crippen molar-refractivity contribution in [3.8, 4) is 5.75 Å². The van der Waals surface area contributed by atoms with Crippen LogP contribution in [0.2, 0.25) is 0 Å². The van der Waals surface area contributed by atoms with Crippen LogP contribution in [0.25, 0.3) is 0 Å². The summed E-state index contributed by atoms with van der Waals surface area (Å²) in [5.41, 5.74) is 0.366. The smallest absolute Gasteiger partial charge is 0.326 e. The van der Waals surface area contributed by atoms with Gasteiger partial charge in [-0.05, 0) is 30.5 Å². The molecule has 0 heterocycles. The first-order chi connectivity index (χ1) is 10.4. The largest absolute Gasteiger partial charge is 0.491 e. The van der Waals surface area contributed by atoms with E-state index in [0.29, 0.717) is 30.9 Å². The van der Waals surface area contributed by atoms with Gasteiger partial charge in [-0.2, -0.15) is 0 Å². The number of rotatable bonds is 9. The molecule has 1 atom stereocenters. The van der Waals surface area contributed by atoms with E-state index in [-0.39, 0.29) is 5.92 Å². The molecule has 1 aromatic rings. The zero-order valence-corrected chi connectivity index (χ0v) is 13.2. The van der Waals surface area contributed by atoms with Crippen molar-refractivity contribution in [2.75, 3.05) is 20.3 Å². The van der Waals surface area contributed by atoms with Gasteiger partial charge in [-0.15, -0.1) is 0 Å². The molecule has 1 amide bonds. The summed E-state index contributed by atoms with van der Waals surface area (Å²) in [6.07, 6.45) is 0.380. The maximum Gasteiger partial charge on any atom is 0.326 e. The predicted molar refractivity (Wildman–Crippen MR) is 82.2 cm³/mol. The molecule has 0 saturated heterocycles. The molecule has 1 rings (SSSR count). The molecule has 0 aromatic heterocycles. The molecule has 2 N–H and O–H groups in total. The molecule has 0 bridgehead atoms. The normalized spacial score (nSPS) is 12.0. The van der Waals surface area contributed by atoms with Crippen molar-refractivity contribution in [2.24, 2.45) is 5.92 Å². The number of aliphatic carboxylic acids is 1. The van der Waals surface area contributed by atoms with E-state index in [1.165, 1.54) is 0 Å². The van der Waals surface area contributed by atoms with E-state index in [4.69, 9.17) is 14.6 Å². The van der Waals surface area contributed by atoms with Gasteiger partial charge < -0.3 is 19.9 Å². The monoisotopic (exact) mass is 309 g/mol. The average molecular weight is 309 g/mol. The predicted octanol–water partition coefficient (Wildman–Crippen LogP) is 1.94. The van der Waals surface area contributed by atoms with Gasteiger partial charge >= 0.3 is 5.97 Å². The summed E-state index contributed by atoms with van der Waals surface area (Å²) in [4.78, 5) is 23.4. The third-order valence-electron chi connectivity index (χ3n) is 2.96. The molecule has 0 saturated carbocycles. The molecule has 122 valence electrons. The lowest BCUT2D eigenvalue weighted by atomic mass is 10.0. The summed E-state index contributed by atoms with van der Waals surface area (Å²) in [5, 5.41) is 11.7. The Hall–Kier alpha value is -2.08. The maximum absolute atomic E-state index is 12.2. The highest BCUT2D eigenvalue weighted by atomic mass is 16.5. The minimum atomic E-state index is -1.03. The Morgan fingerprint density at radius 1 is 1.27 bits per heavy atom. The van der Waals surface area contributed by atoms with Gasteiger partial charge in [-0.25, -0.2) is 4.79 Å². The van der Waals surface area contributed by atoms with Crippen LogP contribution in [0.4, 0.5) is 0 Å². The lowest BCUT2D eigenvalue weighted by Gasteiger charge is -2.16. The summed E-state index contributed by atoms with van der Waals surface area (Å²) >= 11 is 0. The summed E-state index contributed by atoms with van der Waals surface area (Å²) in [5.74, 6) is -0.745. The second-order valence-corrected chi connectivity index (χ2v) is 5.36. The lowest BCUT2D eigenvalue weighted by Crippen LogP contribution is -2.41. The number of nitrogens with one attached hydrogen (secondary N) is 1. The average Bonchev–Trinajstić information content (AvgIpc) is 2.46. The van der Waals surface area contributed by atoms with E-state index in [2.05, 4.69) is 5.32 Å². The van der Waals surface area contributed by atoms with Crippen LogP contribution in [-0.4, -0.2) is 43.3 Å². The van der Waals surface area contributed by atoms with Crippen molar-refractivity contribution in [3.05, 3.63) is 29.8 Å². The Balaban J connectivity index is 2.71. The molecule has 0 aliphatic carbocycles. The number of amides is 1. The van der Waals surface area contributed by atoms with Gasteiger partial charge in [0.25, 0.3) is 5.91 Å². The first kappa shape index (κ1) is 18.0.